The first-order chi connectivity index (χ1) is 29.9. The van der Waals surface area contributed by atoms with Crippen LogP contribution in [0.4, 0.5) is 4.79 Å². The smallest absolute Gasteiger partial charge is 0.410 e. The molecule has 0 bridgehead atoms. The number of likely N-dealkylation sites (tertiary alicyclic amines) is 1. The lowest BCUT2D eigenvalue weighted by Gasteiger charge is -2.31. The highest BCUT2D eigenvalue weighted by Crippen LogP contribution is 2.32. The highest BCUT2D eigenvalue weighted by atomic mass is 28.3. The summed E-state index contributed by atoms with van der Waals surface area (Å²) in [6.45, 7) is 20.7. The Balaban J connectivity index is 0.000000180. The van der Waals surface area contributed by atoms with Crippen molar-refractivity contribution in [2.24, 2.45) is 0 Å². The van der Waals surface area contributed by atoms with E-state index in [0.29, 0.717) is 45.0 Å². The van der Waals surface area contributed by atoms with Crippen LogP contribution in [0.2, 0.25) is 51.4 Å². The van der Waals surface area contributed by atoms with Crippen LogP contribution < -0.4 is 5.32 Å². The second kappa shape index (κ2) is 19.2. The number of piperidine rings is 2. The van der Waals surface area contributed by atoms with Gasteiger partial charge in [0.1, 0.15) is 20.1 Å². The molecule has 8 heterocycles. The Morgan fingerprint density at radius 2 is 1.16 bits per heavy atom. The number of carbonyl (C=O) groups is 1. The van der Waals surface area contributed by atoms with Crippen molar-refractivity contribution in [1.82, 2.24) is 48.1 Å². The van der Waals surface area contributed by atoms with Crippen LogP contribution >= 0.6 is 0 Å². The van der Waals surface area contributed by atoms with E-state index >= 15 is 0 Å². The first-order valence-corrected chi connectivity index (χ1v) is 29.8. The van der Waals surface area contributed by atoms with E-state index in [2.05, 4.69) is 101 Å². The van der Waals surface area contributed by atoms with Crippen LogP contribution in [0.1, 0.15) is 54.5 Å². The first kappa shape index (κ1) is 43.8. The van der Waals surface area contributed by atoms with Crippen molar-refractivity contribution >= 4 is 55.9 Å². The maximum atomic E-state index is 12.6. The molecule has 1 amide bonds. The summed E-state index contributed by atoms with van der Waals surface area (Å²) in [5.74, 6) is 0.883. The zero-order chi connectivity index (χ0) is 43.3. The second-order valence-electron chi connectivity index (χ2n) is 19.3. The minimum atomic E-state index is -1.11. The highest BCUT2D eigenvalue weighted by Gasteiger charge is 2.28. The third-order valence-corrected chi connectivity index (χ3v) is 15.5. The summed E-state index contributed by atoms with van der Waals surface area (Å²) in [6.07, 6.45) is 15.7. The minimum absolute atomic E-state index is 0.242. The number of nitrogens with one attached hydrogen (secondary N) is 1. The molecule has 6 aromatic heterocycles. The van der Waals surface area contributed by atoms with Crippen LogP contribution in [0.3, 0.4) is 0 Å². The Kier molecular flexibility index (Phi) is 13.6. The normalized spacial score (nSPS) is 15.8. The Labute approximate surface area is 366 Å². The molecule has 0 unspecified atom stereocenters. The Morgan fingerprint density at radius 3 is 1.66 bits per heavy atom. The zero-order valence-corrected chi connectivity index (χ0v) is 39.4. The van der Waals surface area contributed by atoms with E-state index in [-0.39, 0.29) is 6.09 Å². The molecule has 2 saturated heterocycles. The Hall–Kier alpha value is -4.88. The lowest BCUT2D eigenvalue weighted by Crippen LogP contribution is -2.38. The number of imidazole rings is 2. The summed E-state index contributed by atoms with van der Waals surface area (Å²) in [6, 6.07) is 16.4. The van der Waals surface area contributed by atoms with E-state index < -0.39 is 16.1 Å². The Morgan fingerprint density at radius 1 is 0.661 bits per heavy atom. The van der Waals surface area contributed by atoms with Crippen molar-refractivity contribution in [3.05, 3.63) is 96.6 Å². The number of carbonyl (C=O) groups excluding carboxylic acids is 1. The number of rotatable bonds is 14. The summed E-state index contributed by atoms with van der Waals surface area (Å²) >= 11 is 0. The molecule has 0 radical (unpaired) electrons. The molecular weight excluding hydrogens is 813 g/mol. The van der Waals surface area contributed by atoms with Crippen LogP contribution in [-0.4, -0.2) is 104 Å². The molecule has 2 fully saturated rings. The molecule has 1 N–H and O–H groups in total. The van der Waals surface area contributed by atoms with Crippen molar-refractivity contribution in [2.45, 2.75) is 109 Å². The third-order valence-electron chi connectivity index (χ3n) is 12.1. The molecule has 14 nitrogen and oxygen atoms in total. The highest BCUT2D eigenvalue weighted by molar-refractivity contribution is 6.76. The standard InChI is InChI=1S/C27H35N5O3Si.C19H29N5OSi/c1-36(2,3)16-15-34-20-31-14-11-23-26(31)29-18-25-28-17-24(32(23)25)22-9-12-30(13-10-22)27(33)35-19-21-7-5-4-6-8-21;1-26(2,3)11-10-25-14-23-9-6-16-19(23)22-13-18-21-12-17(24(16)18)15-4-7-20-8-5-15/h4-8,11,14,17-18,22H,9-10,12-13,15-16,19-20H2,1-3H3;6,9,12-13,15,20H,4-5,7-8,10-11,14H2,1-3H3. The predicted octanol–water partition coefficient (Wildman–Crippen LogP) is 8.98. The average molecular weight is 877 g/mol. The number of nitrogens with zero attached hydrogens (tertiary/aromatic N) is 9. The number of amides is 1. The van der Waals surface area contributed by atoms with Gasteiger partial charge in [0.2, 0.25) is 0 Å². The van der Waals surface area contributed by atoms with Crippen LogP contribution in [0, 0.1) is 0 Å². The molecule has 62 heavy (non-hydrogen) atoms. The molecular formula is C46H64N10O4Si2. The van der Waals surface area contributed by atoms with Gasteiger partial charge >= 0.3 is 6.09 Å². The van der Waals surface area contributed by atoms with Crippen molar-refractivity contribution in [3.63, 3.8) is 0 Å². The van der Waals surface area contributed by atoms with Gasteiger partial charge in [0.15, 0.2) is 22.6 Å². The average Bonchev–Trinajstić information content (AvgIpc) is 4.08. The lowest BCUT2D eigenvalue weighted by atomic mass is 9.94. The topological polar surface area (TPSA) is 130 Å². The van der Waals surface area contributed by atoms with Crippen LogP contribution in [0.25, 0.3) is 33.6 Å². The van der Waals surface area contributed by atoms with Crippen molar-refractivity contribution < 1.29 is 19.0 Å². The zero-order valence-electron chi connectivity index (χ0n) is 37.4. The number of hydrogen-bond acceptors (Lipinski definition) is 9. The molecule has 2 aliphatic rings. The van der Waals surface area contributed by atoms with Crippen LogP contribution in [-0.2, 0) is 34.3 Å². The van der Waals surface area contributed by atoms with E-state index in [4.69, 9.17) is 14.2 Å². The number of ether oxygens (including phenoxy) is 3. The largest absolute Gasteiger partial charge is 0.445 e. The van der Waals surface area contributed by atoms with Gasteiger partial charge in [-0.2, -0.15) is 0 Å². The van der Waals surface area contributed by atoms with Gasteiger partial charge in [-0.1, -0.05) is 69.6 Å². The summed E-state index contributed by atoms with van der Waals surface area (Å²) in [5.41, 5.74) is 9.30. The van der Waals surface area contributed by atoms with Crippen LogP contribution in [0.15, 0.2) is 79.6 Å². The van der Waals surface area contributed by atoms with Gasteiger partial charge in [0.05, 0.1) is 23.4 Å². The fourth-order valence-corrected chi connectivity index (χ4v) is 9.91. The van der Waals surface area contributed by atoms with Gasteiger partial charge in [-0.25, -0.2) is 24.7 Å². The quantitative estimate of drug-likeness (QED) is 0.0841. The summed E-state index contributed by atoms with van der Waals surface area (Å²) in [4.78, 5) is 33.0. The number of benzene rings is 1. The minimum Gasteiger partial charge on any atom is -0.445 e. The molecule has 0 spiro atoms. The van der Waals surface area contributed by atoms with E-state index in [1.165, 1.54) is 17.4 Å². The van der Waals surface area contributed by atoms with E-state index in [0.717, 1.165) is 97.2 Å². The van der Waals surface area contributed by atoms with Gasteiger partial charge in [0.25, 0.3) is 0 Å². The lowest BCUT2D eigenvalue weighted by molar-refractivity contribution is 0.0868. The number of fused-ring (bicyclic) bond motifs is 6. The Bertz CT molecular complexity index is 2560. The van der Waals surface area contributed by atoms with Gasteiger partial charge in [-0.15, -0.1) is 0 Å². The van der Waals surface area contributed by atoms with Crippen LogP contribution in [0.5, 0.6) is 0 Å². The van der Waals surface area contributed by atoms with Gasteiger partial charge in [-0.05, 0) is 68.6 Å². The number of hydrogen-bond donors (Lipinski definition) is 1. The molecule has 0 atom stereocenters. The molecule has 16 heteroatoms. The number of aromatic nitrogens is 8. The molecule has 0 aliphatic carbocycles. The maximum Gasteiger partial charge on any atom is 0.410 e. The molecule has 7 aromatic rings. The monoisotopic (exact) mass is 876 g/mol. The SMILES string of the molecule is C[Si](C)(C)CCOCn1ccc2c1ncc1ncc(C3CCN(C(=O)OCc4ccccc4)CC3)n12.C[Si](C)(C)CCOCn1ccc2c1ncc1ncc(C3CCNCC3)n12. The predicted molar refractivity (Wildman–Crippen MR) is 250 cm³/mol. The van der Waals surface area contributed by atoms with Gasteiger partial charge in [-0.3, -0.25) is 8.80 Å². The van der Waals surface area contributed by atoms with Crippen molar-refractivity contribution in [1.29, 1.82) is 0 Å². The van der Waals surface area contributed by atoms with E-state index in [1.807, 2.05) is 66.2 Å². The fraction of sp³-hybridized carbons (Fsp3) is 0.500. The van der Waals surface area contributed by atoms with E-state index in [9.17, 15) is 4.79 Å². The van der Waals surface area contributed by atoms with E-state index in [1.54, 1.807) is 0 Å². The second-order valence-corrected chi connectivity index (χ2v) is 30.5. The molecule has 1 aromatic carbocycles. The summed E-state index contributed by atoms with van der Waals surface area (Å²) in [7, 11) is -2.17. The third kappa shape index (κ3) is 10.5. The molecule has 2 aliphatic heterocycles. The molecule has 9 rings (SSSR count). The molecule has 0 saturated carbocycles. The fourth-order valence-electron chi connectivity index (χ4n) is 8.39. The van der Waals surface area contributed by atoms with Gasteiger partial charge in [0, 0.05) is 90.5 Å². The first-order valence-electron chi connectivity index (χ1n) is 22.4. The maximum absolute atomic E-state index is 12.6. The summed E-state index contributed by atoms with van der Waals surface area (Å²) < 4.78 is 26.1. The molecule has 330 valence electrons. The summed E-state index contributed by atoms with van der Waals surface area (Å²) in [5, 5.41) is 3.45. The van der Waals surface area contributed by atoms with Crippen molar-refractivity contribution in [2.75, 3.05) is 39.4 Å². The van der Waals surface area contributed by atoms with Crippen molar-refractivity contribution in [3.8, 4) is 0 Å². The van der Waals surface area contributed by atoms with Gasteiger partial charge < -0.3 is 33.6 Å².